The Hall–Kier alpha value is -6.19. The second kappa shape index (κ2) is 9.40. The van der Waals surface area contributed by atoms with Gasteiger partial charge in [0.2, 0.25) is 5.43 Å². The first-order chi connectivity index (χ1) is 22.7. The molecule has 46 heavy (non-hydrogen) atoms. The molecule has 0 unspecified atom stereocenters. The SMILES string of the molecule is O=c1c2ccccc2oc2c(-c3ccc(-c4cccc(-c5ccc6c7cccc8c9ccccc9n(c6c5)c87)c4)cc3)cccc12. The third-order valence-electron chi connectivity index (χ3n) is 9.55. The maximum atomic E-state index is 13.2. The number of hydrogen-bond acceptors (Lipinski definition) is 2. The minimum Gasteiger partial charge on any atom is -0.455 e. The molecule has 214 valence electrons. The topological polar surface area (TPSA) is 34.6 Å². The molecule has 0 bridgehead atoms. The van der Waals surface area contributed by atoms with Crippen molar-refractivity contribution < 1.29 is 4.42 Å². The third kappa shape index (κ3) is 3.51. The van der Waals surface area contributed by atoms with Crippen LogP contribution < -0.4 is 5.43 Å². The molecule has 0 saturated carbocycles. The Morgan fingerprint density at radius 1 is 0.413 bits per heavy atom. The van der Waals surface area contributed by atoms with Crippen molar-refractivity contribution in [2.75, 3.05) is 0 Å². The molecule has 0 N–H and O–H groups in total. The summed E-state index contributed by atoms with van der Waals surface area (Å²) in [7, 11) is 0. The van der Waals surface area contributed by atoms with Gasteiger partial charge in [0.25, 0.3) is 0 Å². The predicted molar refractivity (Wildman–Crippen MR) is 191 cm³/mol. The summed E-state index contributed by atoms with van der Waals surface area (Å²) < 4.78 is 8.71. The Balaban J connectivity index is 1.06. The van der Waals surface area contributed by atoms with Gasteiger partial charge in [-0.2, -0.15) is 0 Å². The normalized spacial score (nSPS) is 12.0. The zero-order valence-electron chi connectivity index (χ0n) is 24.7. The summed E-state index contributed by atoms with van der Waals surface area (Å²) in [5.41, 5.74) is 11.5. The van der Waals surface area contributed by atoms with Gasteiger partial charge in [-0.1, -0.05) is 115 Å². The Kier molecular flexibility index (Phi) is 5.15. The van der Waals surface area contributed by atoms with Crippen LogP contribution in [0.4, 0.5) is 0 Å². The van der Waals surface area contributed by atoms with Gasteiger partial charge in [0.05, 0.1) is 27.3 Å². The lowest BCUT2D eigenvalue weighted by Gasteiger charge is -2.10. The number of rotatable bonds is 3. The van der Waals surface area contributed by atoms with E-state index in [9.17, 15) is 4.79 Å². The van der Waals surface area contributed by atoms with E-state index in [2.05, 4.69) is 114 Å². The molecular formula is C43H25NO2. The van der Waals surface area contributed by atoms with Gasteiger partial charge in [-0.15, -0.1) is 0 Å². The molecule has 0 spiro atoms. The first-order valence-electron chi connectivity index (χ1n) is 15.6. The van der Waals surface area contributed by atoms with Crippen molar-refractivity contribution in [3.05, 3.63) is 162 Å². The summed E-state index contributed by atoms with van der Waals surface area (Å²) in [5, 5.41) is 6.36. The van der Waals surface area contributed by atoms with Gasteiger partial charge in [0, 0.05) is 27.1 Å². The van der Waals surface area contributed by atoms with E-state index >= 15 is 0 Å². The number of benzene rings is 7. The van der Waals surface area contributed by atoms with Crippen LogP contribution in [0.3, 0.4) is 0 Å². The molecule has 3 heteroatoms. The molecule has 10 rings (SSSR count). The zero-order chi connectivity index (χ0) is 30.4. The molecule has 0 radical (unpaired) electrons. The van der Waals surface area contributed by atoms with E-state index < -0.39 is 0 Å². The molecule has 3 heterocycles. The zero-order valence-corrected chi connectivity index (χ0v) is 24.7. The van der Waals surface area contributed by atoms with E-state index in [1.54, 1.807) is 0 Å². The average molecular weight is 588 g/mol. The van der Waals surface area contributed by atoms with Crippen LogP contribution in [0, 0.1) is 0 Å². The number of para-hydroxylation sites is 4. The van der Waals surface area contributed by atoms with Crippen molar-refractivity contribution in [2.24, 2.45) is 0 Å². The summed E-state index contributed by atoms with van der Waals surface area (Å²) in [6.45, 7) is 0. The maximum Gasteiger partial charge on any atom is 0.200 e. The molecular weight excluding hydrogens is 562 g/mol. The molecule has 0 amide bonds. The molecule has 0 atom stereocenters. The van der Waals surface area contributed by atoms with Crippen molar-refractivity contribution in [3.8, 4) is 33.4 Å². The first kappa shape index (κ1) is 25.2. The monoisotopic (exact) mass is 587 g/mol. The van der Waals surface area contributed by atoms with Crippen LogP contribution in [0.15, 0.2) is 161 Å². The van der Waals surface area contributed by atoms with E-state index in [0.717, 1.165) is 22.3 Å². The van der Waals surface area contributed by atoms with Crippen LogP contribution in [0.5, 0.6) is 0 Å². The van der Waals surface area contributed by atoms with E-state index in [1.165, 1.54) is 49.2 Å². The highest BCUT2D eigenvalue weighted by atomic mass is 16.3. The van der Waals surface area contributed by atoms with Crippen LogP contribution in [0.1, 0.15) is 0 Å². The van der Waals surface area contributed by atoms with Crippen LogP contribution >= 0.6 is 0 Å². The molecule has 10 aromatic rings. The summed E-state index contributed by atoms with van der Waals surface area (Å²) in [6.07, 6.45) is 0. The summed E-state index contributed by atoms with van der Waals surface area (Å²) in [6, 6.07) is 52.7. The summed E-state index contributed by atoms with van der Waals surface area (Å²) >= 11 is 0. The lowest BCUT2D eigenvalue weighted by Crippen LogP contribution is -2.02. The van der Waals surface area contributed by atoms with Gasteiger partial charge in [-0.25, -0.2) is 0 Å². The number of aromatic nitrogens is 1. The van der Waals surface area contributed by atoms with Crippen LogP contribution in [-0.4, -0.2) is 4.40 Å². The van der Waals surface area contributed by atoms with Crippen molar-refractivity contribution in [1.29, 1.82) is 0 Å². The highest BCUT2D eigenvalue weighted by Crippen LogP contribution is 2.40. The van der Waals surface area contributed by atoms with E-state index in [4.69, 9.17) is 4.42 Å². The van der Waals surface area contributed by atoms with E-state index in [1.807, 2.05) is 42.5 Å². The van der Waals surface area contributed by atoms with Crippen LogP contribution in [0.2, 0.25) is 0 Å². The van der Waals surface area contributed by atoms with Gasteiger partial charge in [-0.3, -0.25) is 4.79 Å². The molecule has 0 saturated heterocycles. The minimum atomic E-state index is -0.00282. The predicted octanol–water partition coefficient (Wildman–Crippen LogP) is 11.1. The average Bonchev–Trinajstić information content (AvgIpc) is 3.64. The van der Waals surface area contributed by atoms with Crippen molar-refractivity contribution >= 4 is 60.0 Å². The Morgan fingerprint density at radius 2 is 1.00 bits per heavy atom. The Morgan fingerprint density at radius 3 is 1.85 bits per heavy atom. The Labute approximate surface area is 263 Å². The van der Waals surface area contributed by atoms with Crippen molar-refractivity contribution in [2.45, 2.75) is 0 Å². The molecule has 0 aliphatic rings. The van der Waals surface area contributed by atoms with Gasteiger partial charge >= 0.3 is 0 Å². The molecule has 0 aliphatic carbocycles. The fraction of sp³-hybridized carbons (Fsp3) is 0. The molecule has 0 aliphatic heterocycles. The van der Waals surface area contributed by atoms with Gasteiger partial charge in [0.15, 0.2) is 0 Å². The smallest absolute Gasteiger partial charge is 0.200 e. The lowest BCUT2D eigenvalue weighted by molar-refractivity contribution is 0.661. The minimum absolute atomic E-state index is 0.00282. The first-order valence-corrected chi connectivity index (χ1v) is 15.6. The quantitative estimate of drug-likeness (QED) is 0.193. The summed E-state index contributed by atoms with van der Waals surface area (Å²) in [4.78, 5) is 13.2. The second-order valence-corrected chi connectivity index (χ2v) is 12.1. The van der Waals surface area contributed by atoms with Crippen molar-refractivity contribution in [1.82, 2.24) is 4.40 Å². The van der Waals surface area contributed by atoms with E-state index in [0.29, 0.717) is 21.9 Å². The lowest BCUT2D eigenvalue weighted by atomic mass is 9.96. The Bertz CT molecular complexity index is 2870. The van der Waals surface area contributed by atoms with Crippen LogP contribution in [-0.2, 0) is 0 Å². The summed E-state index contributed by atoms with van der Waals surface area (Å²) in [5.74, 6) is 0. The number of fused-ring (bicyclic) bond motifs is 8. The molecule has 3 aromatic heterocycles. The second-order valence-electron chi connectivity index (χ2n) is 12.1. The molecule has 7 aromatic carbocycles. The van der Waals surface area contributed by atoms with Crippen LogP contribution in [0.25, 0.3) is 93.4 Å². The van der Waals surface area contributed by atoms with Gasteiger partial charge in [-0.05, 0) is 64.2 Å². The fourth-order valence-corrected chi connectivity index (χ4v) is 7.38. The fourth-order valence-electron chi connectivity index (χ4n) is 7.38. The molecule has 0 fully saturated rings. The molecule has 3 nitrogen and oxygen atoms in total. The largest absolute Gasteiger partial charge is 0.455 e. The highest BCUT2D eigenvalue weighted by Gasteiger charge is 2.17. The van der Waals surface area contributed by atoms with Gasteiger partial charge in [0.1, 0.15) is 11.2 Å². The maximum absolute atomic E-state index is 13.2. The van der Waals surface area contributed by atoms with Crippen molar-refractivity contribution in [3.63, 3.8) is 0 Å². The highest BCUT2D eigenvalue weighted by molar-refractivity contribution is 6.23. The number of nitrogens with zero attached hydrogens (tertiary/aromatic N) is 1. The standard InChI is InChI=1S/C43H25NO2/c45-42-36-11-2-4-17-40(36)46-43-31(12-6-15-37(42)43)27-20-18-26(19-21-27)28-8-5-9-29(24-28)30-22-23-33-35-14-7-13-34-32-10-1-3-16-38(32)44(41(34)35)39(33)25-30/h1-25H. The van der Waals surface area contributed by atoms with Gasteiger partial charge < -0.3 is 8.82 Å². The third-order valence-corrected chi connectivity index (χ3v) is 9.55. The number of hydrogen-bond donors (Lipinski definition) is 0. The van der Waals surface area contributed by atoms with E-state index in [-0.39, 0.29) is 5.43 Å².